The van der Waals surface area contributed by atoms with E-state index >= 15 is 43.2 Å². The highest BCUT2D eigenvalue weighted by Gasteiger charge is 2.46. The average molecular weight is 1790 g/mol. The molecule has 3 aliphatic heterocycles. The van der Waals surface area contributed by atoms with E-state index in [0.29, 0.717) is 58.0 Å². The van der Waals surface area contributed by atoms with Crippen LogP contribution < -0.4 is 59.3 Å². The van der Waals surface area contributed by atoms with E-state index in [0.717, 1.165) is 16.7 Å². The van der Waals surface area contributed by atoms with Crippen LogP contribution >= 0.6 is 11.8 Å². The van der Waals surface area contributed by atoms with Crippen LogP contribution in [0.15, 0.2) is 146 Å². The number of unbranched alkanes of at least 4 members (excludes halogenated alkanes) is 1. The maximum Gasteiger partial charge on any atom is 0.293 e. The number of primary amides is 1. The van der Waals surface area contributed by atoms with Crippen LogP contribution in [0.25, 0.3) is 10.9 Å². The molecule has 5 aromatic carbocycles. The van der Waals surface area contributed by atoms with Gasteiger partial charge in [0.15, 0.2) is 0 Å². The molecule has 3 aliphatic rings. The van der Waals surface area contributed by atoms with E-state index in [9.17, 15) is 38.7 Å². The van der Waals surface area contributed by atoms with Crippen molar-refractivity contribution in [2.24, 2.45) is 23.3 Å². The number of rotatable bonds is 24. The predicted octanol–water partition coefficient (Wildman–Crippen LogP) is 1.49. The van der Waals surface area contributed by atoms with E-state index in [1.807, 2.05) is 6.92 Å². The number of nitrogens with one attached hydrogen (secondary N) is 10. The molecule has 0 spiro atoms. The second kappa shape index (κ2) is 48.3. The number of H-pyrrole nitrogens is 1. The van der Waals surface area contributed by atoms with Gasteiger partial charge in [0.25, 0.3) is 6.47 Å². The zero-order valence-electron chi connectivity index (χ0n) is 73.6. The number of carbonyl (C=O) groups is 16. The summed E-state index contributed by atoms with van der Waals surface area (Å²) in [5.41, 5.74) is 15.3. The van der Waals surface area contributed by atoms with E-state index in [-0.39, 0.29) is 108 Å². The number of thioether (sulfide) groups is 1. The summed E-state index contributed by atoms with van der Waals surface area (Å²) in [5, 5.41) is 35.7. The highest BCUT2D eigenvalue weighted by atomic mass is 32.2. The Morgan fingerprint density at radius 1 is 0.523 bits per heavy atom. The van der Waals surface area contributed by atoms with Crippen molar-refractivity contribution in [1.82, 2.24) is 77.3 Å². The Kier molecular flexibility index (Phi) is 37.4. The topological polar surface area (TPSA) is 495 Å². The van der Waals surface area contributed by atoms with Gasteiger partial charge in [-0.15, -0.1) is 11.8 Å². The Hall–Kier alpha value is -12.7. The number of hydrogen-bond donors (Lipinski definition) is 13. The Bertz CT molecular complexity index is 4850. The quantitative estimate of drug-likeness (QED) is 0.0301. The normalized spacial score (nSPS) is 24.0. The third-order valence-electron chi connectivity index (χ3n) is 23.3. The van der Waals surface area contributed by atoms with Gasteiger partial charge in [0.1, 0.15) is 84.3 Å². The number of nitrogens with two attached hydrogens (primary N) is 2. The summed E-state index contributed by atoms with van der Waals surface area (Å²) < 4.78 is 5.06. The smallest absolute Gasteiger partial charge is 0.293 e. The van der Waals surface area contributed by atoms with Crippen molar-refractivity contribution in [3.8, 4) is 5.75 Å². The second-order valence-corrected chi connectivity index (χ2v) is 34.5. The molecule has 9 rings (SSSR count). The molecule has 3 fully saturated rings. The highest BCUT2D eigenvalue weighted by molar-refractivity contribution is 8.00. The first-order chi connectivity index (χ1) is 61.3. The molecule has 6 aromatic rings. The largest absolute Gasteiger partial charge is 0.508 e. The molecule has 688 valence electrons. The monoisotopic (exact) mass is 1780 g/mol. The summed E-state index contributed by atoms with van der Waals surface area (Å²) in [4.78, 5) is 245. The summed E-state index contributed by atoms with van der Waals surface area (Å²) in [6, 6.07) is 20.5. The van der Waals surface area contributed by atoms with Gasteiger partial charge in [0.2, 0.25) is 88.6 Å². The zero-order chi connectivity index (χ0) is 92.8. The maximum atomic E-state index is 15.7. The molecule has 15 amide bonds. The van der Waals surface area contributed by atoms with E-state index in [4.69, 9.17) is 16.2 Å². The summed E-state index contributed by atoms with van der Waals surface area (Å²) in [6.45, 7) is 7.28. The minimum atomic E-state index is -1.57. The molecule has 15 N–H and O–H groups in total. The number of benzene rings is 5. The molecule has 36 heteroatoms. The van der Waals surface area contributed by atoms with Crippen LogP contribution in [0.4, 0.5) is 0 Å². The Labute approximate surface area is 748 Å². The Morgan fingerprint density at radius 2 is 1.02 bits per heavy atom. The van der Waals surface area contributed by atoms with E-state index < -0.39 is 199 Å². The lowest BCUT2D eigenvalue weighted by Gasteiger charge is -2.38. The van der Waals surface area contributed by atoms with Gasteiger partial charge in [-0.25, -0.2) is 0 Å². The average Bonchev–Trinajstić information content (AvgIpc) is 1.58. The predicted molar refractivity (Wildman–Crippen MR) is 478 cm³/mol. The first kappa shape index (κ1) is 99.1. The number of aromatic hydroxyl groups is 1. The number of phenolic OH excluding ortho intramolecular Hbond substituents is 1. The molecule has 0 saturated carbocycles. The molecule has 13 atom stereocenters. The summed E-state index contributed by atoms with van der Waals surface area (Å²) in [5.74, 6) is -14.3. The number of aromatic nitrogens is 1. The molecule has 35 nitrogen and oxygen atoms in total. The van der Waals surface area contributed by atoms with Gasteiger partial charge in [-0.3, -0.25) is 76.7 Å². The number of likely N-dealkylation sites (N-methyl/N-ethyl adjacent to an activating group) is 3. The number of nitrogens with zero attached hydrogens (tertiary/aromatic N) is 5. The molecule has 0 aliphatic carbocycles. The van der Waals surface area contributed by atoms with Crippen molar-refractivity contribution < 1.29 is 86.6 Å². The Balaban J connectivity index is 1.11. The van der Waals surface area contributed by atoms with Crippen molar-refractivity contribution in [1.29, 1.82) is 0 Å². The van der Waals surface area contributed by atoms with Gasteiger partial charge in [0.05, 0.1) is 18.9 Å². The van der Waals surface area contributed by atoms with Gasteiger partial charge < -0.3 is 98.6 Å². The molecule has 0 radical (unpaired) electrons. The number of fused-ring (bicyclic) bond motifs is 3. The van der Waals surface area contributed by atoms with Gasteiger partial charge in [-0.05, 0) is 96.4 Å². The second-order valence-electron chi connectivity index (χ2n) is 33.5. The molecular formula is C92H121N17O18S. The van der Waals surface area contributed by atoms with Crippen molar-refractivity contribution in [3.05, 3.63) is 174 Å². The van der Waals surface area contributed by atoms with E-state index in [1.54, 1.807) is 149 Å². The number of amides is 15. The molecule has 0 unspecified atom stereocenters. The summed E-state index contributed by atoms with van der Waals surface area (Å²) in [7, 11) is 4.19. The van der Waals surface area contributed by atoms with Crippen molar-refractivity contribution in [3.63, 3.8) is 0 Å². The van der Waals surface area contributed by atoms with Crippen LogP contribution in [-0.4, -0.2) is 274 Å². The van der Waals surface area contributed by atoms with Crippen molar-refractivity contribution in [2.75, 3.05) is 65.4 Å². The lowest BCUT2D eigenvalue weighted by atomic mass is 9.98. The minimum Gasteiger partial charge on any atom is -0.508 e. The summed E-state index contributed by atoms with van der Waals surface area (Å²) in [6.07, 6.45) is 2.24. The fraction of sp³-hybridized carbons (Fsp3) is 0.478. The van der Waals surface area contributed by atoms with Crippen LogP contribution in [0.3, 0.4) is 0 Å². The number of para-hydroxylation sites is 1. The van der Waals surface area contributed by atoms with Gasteiger partial charge >= 0.3 is 0 Å². The van der Waals surface area contributed by atoms with E-state index in [1.165, 1.54) is 65.0 Å². The van der Waals surface area contributed by atoms with Crippen LogP contribution in [0.5, 0.6) is 5.75 Å². The number of ether oxygens (including phenoxy) is 1. The molecule has 1 aromatic heterocycles. The Morgan fingerprint density at radius 3 is 1.60 bits per heavy atom. The third-order valence-corrected chi connectivity index (χ3v) is 24.3. The first-order valence-electron chi connectivity index (χ1n) is 43.5. The number of hydrogen-bond acceptors (Lipinski definition) is 20. The number of carbonyl (C=O) groups excluding carboxylic acids is 16. The molecule has 0 bridgehead atoms. The lowest BCUT2D eigenvalue weighted by molar-refractivity contribution is -0.152. The van der Waals surface area contributed by atoms with Gasteiger partial charge in [-0.2, -0.15) is 0 Å². The fourth-order valence-corrected chi connectivity index (χ4v) is 17.0. The van der Waals surface area contributed by atoms with Gasteiger partial charge in [-0.1, -0.05) is 169 Å². The van der Waals surface area contributed by atoms with Crippen LogP contribution in [0.2, 0.25) is 0 Å². The first-order valence-corrected chi connectivity index (χ1v) is 44.6. The van der Waals surface area contributed by atoms with Gasteiger partial charge in [0, 0.05) is 102 Å². The maximum absolute atomic E-state index is 15.7. The minimum absolute atomic E-state index is 0.0222. The number of aromatic amines is 1. The van der Waals surface area contributed by atoms with Crippen LogP contribution in [-0.2, 0) is 114 Å². The van der Waals surface area contributed by atoms with Crippen LogP contribution in [0, 0.1) is 11.8 Å². The molecular weight excluding hydrogens is 1660 g/mol. The van der Waals surface area contributed by atoms with E-state index in [2.05, 4.69) is 52.8 Å². The van der Waals surface area contributed by atoms with Crippen molar-refractivity contribution in [2.45, 2.75) is 203 Å². The lowest BCUT2D eigenvalue weighted by Crippen LogP contribution is -2.62. The standard InChI is InChI=1S/C92H121N17O18S/c1-9-10-32-74-91(125)109-41-23-34-73(109)85(119)98-65(39-42-127-54-110)81(115)104-79(56(4)5)92(126)106(7)75(46-58-26-16-12-17-27-58)87(121)102-70(49-93)89(123)108-40-22-33-72(108)86(120)101-68(48-61-50-95-64-31-21-20-30-63(61)64)84(118)100-67(44-60-35-37-62(111)38-36-60)83(117)99-66(43-55(2)3)82(116)103-71(80(114)96-51-77(94)112)52-128-53-78(113)97-69(45-57-24-14-11-15-25-57)88(122)107(8)76(90(124)105(74)6)47-59-28-18-13-19-29-59/h11-21,24-31,35-38,50,54-56,65-76,79,95,111H,9-10,22-23,32-34,39-49,51-53,93H2,1-8H3,(H2,94,112)(H,96,114)(H,97,113)(H,98,119)(H,99,117)(H,100,118)(H,101,120)(H,102,121)(H,103,116)(H,104,115)/t65-,66-,67-,68-,69-,70-,71-,72+,73+,74-,75-,76-,79-/m0/s1. The SMILES string of the molecule is CCCC[C@H]1C(=O)N2CCC[C@@H]2C(=O)N[C@@H](CCOC=O)C(=O)N[C@@H](C(C)C)C(=O)N(C)[C@@H](Cc2ccccc2)C(=O)N[C@@H](CN)C(=O)N2CCC[C@@H]2C(=O)N[C@@H](Cc2c[nH]c3ccccc23)C(=O)N[C@@H](Cc2ccc(O)cc2)C(=O)N[C@@H](CC(C)C)C(=O)N[C@H](C(=O)NCC(N)=O)CSCC(=O)N[C@@H](Cc2ccccc2)C(=O)N(C)[C@@H](Cc2ccccc2)C(=O)N1C. The molecule has 3 saturated heterocycles. The molecule has 4 heterocycles. The number of phenols is 1. The third kappa shape index (κ3) is 27.6. The van der Waals surface area contributed by atoms with Crippen molar-refractivity contribution >= 4 is 118 Å². The fourth-order valence-electron chi connectivity index (χ4n) is 16.2. The summed E-state index contributed by atoms with van der Waals surface area (Å²) >= 11 is 0.851. The highest BCUT2D eigenvalue weighted by Crippen LogP contribution is 2.28. The van der Waals surface area contributed by atoms with Crippen LogP contribution in [0.1, 0.15) is 120 Å². The zero-order valence-corrected chi connectivity index (χ0v) is 74.4. The molecule has 128 heavy (non-hydrogen) atoms.